The highest BCUT2D eigenvalue weighted by molar-refractivity contribution is 5.84. The minimum absolute atomic E-state index is 0.456. The second-order valence-electron chi connectivity index (χ2n) is 8.82. The Bertz CT molecular complexity index is 1380. The summed E-state index contributed by atoms with van der Waals surface area (Å²) in [7, 11) is 0. The van der Waals surface area contributed by atoms with Crippen molar-refractivity contribution < 1.29 is 14.2 Å². The predicted molar refractivity (Wildman–Crippen MR) is 134 cm³/mol. The van der Waals surface area contributed by atoms with E-state index < -0.39 is 6.29 Å². The van der Waals surface area contributed by atoms with Gasteiger partial charge in [-0.05, 0) is 41.7 Å². The van der Waals surface area contributed by atoms with Crippen molar-refractivity contribution >= 4 is 10.9 Å². The molecular formula is C29H27N3O3. The van der Waals surface area contributed by atoms with Gasteiger partial charge in [0.25, 0.3) is 0 Å². The molecule has 1 fully saturated rings. The van der Waals surface area contributed by atoms with Crippen molar-refractivity contribution in [2.45, 2.75) is 25.9 Å². The molecule has 2 aliphatic rings. The van der Waals surface area contributed by atoms with Crippen LogP contribution in [0.1, 0.15) is 34.5 Å². The van der Waals surface area contributed by atoms with Gasteiger partial charge in [0.1, 0.15) is 23.7 Å². The molecule has 1 N–H and O–H groups in total. The highest BCUT2D eigenvalue weighted by Crippen LogP contribution is 2.30. The van der Waals surface area contributed by atoms with Crippen LogP contribution < -0.4 is 4.74 Å². The summed E-state index contributed by atoms with van der Waals surface area (Å²) in [6.07, 6.45) is 0.512. The molecular weight excluding hydrogens is 438 g/mol. The Balaban J connectivity index is 1.15. The summed E-state index contributed by atoms with van der Waals surface area (Å²) in [6.45, 7) is 4.12. The molecule has 2 aromatic carbocycles. The van der Waals surface area contributed by atoms with Crippen molar-refractivity contribution in [3.05, 3.63) is 94.9 Å². The Kier molecular flexibility index (Phi) is 6.20. The number of hydrogen-bond donors (Lipinski definition) is 1. The van der Waals surface area contributed by atoms with Crippen molar-refractivity contribution in [1.29, 1.82) is 0 Å². The summed E-state index contributed by atoms with van der Waals surface area (Å²) in [4.78, 5) is 10.7. The van der Waals surface area contributed by atoms with E-state index in [4.69, 9.17) is 19.2 Å². The third-order valence-electron chi connectivity index (χ3n) is 6.45. The number of H-pyrrole nitrogens is 1. The molecule has 4 heterocycles. The van der Waals surface area contributed by atoms with E-state index >= 15 is 0 Å². The van der Waals surface area contributed by atoms with E-state index in [2.05, 4.69) is 46.0 Å². The number of nitrogens with one attached hydrogen (secondary N) is 1. The molecule has 35 heavy (non-hydrogen) atoms. The fourth-order valence-corrected chi connectivity index (χ4v) is 4.70. The lowest BCUT2D eigenvalue weighted by Gasteiger charge is -2.24. The molecule has 1 saturated heterocycles. The highest BCUT2D eigenvalue weighted by atomic mass is 16.7. The first-order chi connectivity index (χ1) is 17.3. The van der Waals surface area contributed by atoms with Gasteiger partial charge in [-0.2, -0.15) is 0 Å². The normalized spacial score (nSPS) is 16.1. The fraction of sp³-hybridized carbons (Fsp3) is 0.276. The summed E-state index contributed by atoms with van der Waals surface area (Å²) >= 11 is 0. The number of fused-ring (bicyclic) bond motifs is 3. The largest absolute Gasteiger partial charge is 0.487 e. The molecule has 2 aliphatic heterocycles. The maximum absolute atomic E-state index is 6.07. The van der Waals surface area contributed by atoms with Crippen LogP contribution in [0.5, 0.6) is 5.75 Å². The van der Waals surface area contributed by atoms with Crippen molar-refractivity contribution in [2.24, 2.45) is 0 Å². The van der Waals surface area contributed by atoms with Crippen LogP contribution in [0.3, 0.4) is 0 Å². The maximum Gasteiger partial charge on any atom is 0.205 e. The average molecular weight is 466 g/mol. The SMILES string of the molecule is C(#Cc1ccc(OCc2ccccc2)c(C2OCCO2)n1)CN1CCc2c([nH]c3ccccc23)C1. The summed E-state index contributed by atoms with van der Waals surface area (Å²) in [5, 5.41) is 1.34. The van der Waals surface area contributed by atoms with Gasteiger partial charge in [-0.3, -0.25) is 4.90 Å². The fourth-order valence-electron chi connectivity index (χ4n) is 4.70. The van der Waals surface area contributed by atoms with E-state index in [1.807, 2.05) is 42.5 Å². The zero-order chi connectivity index (χ0) is 23.5. The second-order valence-corrected chi connectivity index (χ2v) is 8.82. The first kappa shape index (κ1) is 21.9. The lowest BCUT2D eigenvalue weighted by atomic mass is 10.0. The number of hydrogen-bond acceptors (Lipinski definition) is 5. The van der Waals surface area contributed by atoms with Gasteiger partial charge in [0.2, 0.25) is 6.29 Å². The Morgan fingerprint density at radius 2 is 1.83 bits per heavy atom. The number of rotatable bonds is 5. The van der Waals surface area contributed by atoms with Crippen molar-refractivity contribution in [1.82, 2.24) is 14.9 Å². The summed E-state index contributed by atoms with van der Waals surface area (Å²) < 4.78 is 17.5. The van der Waals surface area contributed by atoms with E-state index in [0.29, 0.717) is 43.5 Å². The van der Waals surface area contributed by atoms with Crippen LogP contribution in [0.4, 0.5) is 0 Å². The zero-order valence-corrected chi connectivity index (χ0v) is 19.5. The molecule has 0 aliphatic carbocycles. The molecule has 0 spiro atoms. The maximum atomic E-state index is 6.07. The topological polar surface area (TPSA) is 59.6 Å². The quantitative estimate of drug-likeness (QED) is 0.437. The molecule has 0 radical (unpaired) electrons. The molecule has 0 amide bonds. The Labute approximate surface area is 204 Å². The van der Waals surface area contributed by atoms with E-state index in [0.717, 1.165) is 25.1 Å². The van der Waals surface area contributed by atoms with Crippen LogP contribution in [-0.4, -0.2) is 41.2 Å². The van der Waals surface area contributed by atoms with Crippen LogP contribution in [0.2, 0.25) is 0 Å². The first-order valence-electron chi connectivity index (χ1n) is 12.0. The number of aromatic amines is 1. The van der Waals surface area contributed by atoms with Gasteiger partial charge in [0, 0.05) is 29.7 Å². The molecule has 0 saturated carbocycles. The van der Waals surface area contributed by atoms with E-state index in [-0.39, 0.29) is 0 Å². The van der Waals surface area contributed by atoms with Gasteiger partial charge < -0.3 is 19.2 Å². The summed E-state index contributed by atoms with van der Waals surface area (Å²) in [5.41, 5.74) is 6.39. The predicted octanol–water partition coefficient (Wildman–Crippen LogP) is 4.60. The molecule has 4 aromatic rings. The van der Waals surface area contributed by atoms with E-state index in [1.54, 1.807) is 0 Å². The number of benzene rings is 2. The monoisotopic (exact) mass is 465 g/mol. The summed E-state index contributed by atoms with van der Waals surface area (Å²) in [5.74, 6) is 7.20. The third kappa shape index (κ3) is 4.80. The van der Waals surface area contributed by atoms with E-state index in [1.165, 1.54) is 22.2 Å². The molecule has 0 unspecified atom stereocenters. The van der Waals surface area contributed by atoms with Crippen LogP contribution in [-0.2, 0) is 29.0 Å². The zero-order valence-electron chi connectivity index (χ0n) is 19.5. The molecule has 0 bridgehead atoms. The Morgan fingerprint density at radius 3 is 2.71 bits per heavy atom. The molecule has 0 atom stereocenters. The summed E-state index contributed by atoms with van der Waals surface area (Å²) in [6, 6.07) is 22.4. The van der Waals surface area contributed by atoms with Crippen molar-refractivity contribution in [3.63, 3.8) is 0 Å². The van der Waals surface area contributed by atoms with Crippen molar-refractivity contribution in [2.75, 3.05) is 26.3 Å². The average Bonchev–Trinajstić information content (AvgIpc) is 3.56. The minimum Gasteiger partial charge on any atom is -0.487 e. The first-order valence-corrected chi connectivity index (χ1v) is 12.0. The van der Waals surface area contributed by atoms with Crippen LogP contribution in [0, 0.1) is 11.8 Å². The van der Waals surface area contributed by atoms with Crippen molar-refractivity contribution in [3.8, 4) is 17.6 Å². The molecule has 6 rings (SSSR count). The van der Waals surface area contributed by atoms with Gasteiger partial charge in [-0.25, -0.2) is 4.98 Å². The van der Waals surface area contributed by atoms with Crippen LogP contribution in [0.15, 0.2) is 66.7 Å². The Hall–Kier alpha value is -3.63. The number of nitrogens with zero attached hydrogens (tertiary/aromatic N) is 2. The number of aromatic nitrogens is 2. The third-order valence-corrected chi connectivity index (χ3v) is 6.45. The van der Waals surface area contributed by atoms with Crippen LogP contribution >= 0.6 is 0 Å². The lowest BCUT2D eigenvalue weighted by Crippen LogP contribution is -2.30. The van der Waals surface area contributed by atoms with E-state index in [9.17, 15) is 0 Å². The lowest BCUT2D eigenvalue weighted by molar-refractivity contribution is -0.0492. The minimum atomic E-state index is -0.523. The Morgan fingerprint density at radius 1 is 1.00 bits per heavy atom. The van der Waals surface area contributed by atoms with Gasteiger partial charge in [-0.1, -0.05) is 54.5 Å². The number of para-hydroxylation sites is 1. The standard InChI is InChI=1S/C29H27N3O3/c1-2-7-21(8-3-1)20-35-27-13-12-22(30-28(27)29-33-17-18-34-29)9-6-15-32-16-14-24-23-10-4-5-11-25(23)31-26(24)19-32/h1-5,7-8,10-13,29,31H,14-20H2. The molecule has 176 valence electrons. The molecule has 6 nitrogen and oxygen atoms in total. The van der Waals surface area contributed by atoms with Gasteiger partial charge in [0.15, 0.2) is 0 Å². The number of pyridine rings is 1. The van der Waals surface area contributed by atoms with Gasteiger partial charge in [-0.15, -0.1) is 0 Å². The van der Waals surface area contributed by atoms with Crippen LogP contribution in [0.25, 0.3) is 10.9 Å². The molecule has 2 aromatic heterocycles. The van der Waals surface area contributed by atoms with Gasteiger partial charge in [0.05, 0.1) is 19.8 Å². The molecule has 6 heteroatoms. The smallest absolute Gasteiger partial charge is 0.205 e. The van der Waals surface area contributed by atoms with Gasteiger partial charge >= 0.3 is 0 Å². The number of ether oxygens (including phenoxy) is 3. The highest BCUT2D eigenvalue weighted by Gasteiger charge is 2.24. The second kappa shape index (κ2) is 9.93.